The lowest BCUT2D eigenvalue weighted by atomic mass is 10.3. The van der Waals surface area contributed by atoms with E-state index in [9.17, 15) is 9.59 Å². The van der Waals surface area contributed by atoms with Crippen LogP contribution in [0.1, 0.15) is 12.8 Å². The molecule has 0 heterocycles. The van der Waals surface area contributed by atoms with Gasteiger partial charge in [-0.1, -0.05) is 0 Å². The Bertz CT molecular complexity index is 235. The second-order valence-corrected chi connectivity index (χ2v) is 3.75. The molecule has 8 heteroatoms. The Morgan fingerprint density at radius 1 is 0.889 bits per heavy atom. The van der Waals surface area contributed by atoms with Gasteiger partial charge in [-0.25, -0.2) is 0 Å². The third kappa shape index (κ3) is 8.88. The summed E-state index contributed by atoms with van der Waals surface area (Å²) in [6.07, 6.45) is -0.267. The molecule has 8 nitrogen and oxygen atoms in total. The van der Waals surface area contributed by atoms with Crippen LogP contribution in [-0.2, 0) is 19.1 Å². The number of nitrogens with two attached hydrogens (primary N) is 2. The molecule has 0 saturated carbocycles. The van der Waals surface area contributed by atoms with E-state index in [0.29, 0.717) is 0 Å². The van der Waals surface area contributed by atoms with Crippen LogP contribution in [0.4, 0.5) is 0 Å². The van der Waals surface area contributed by atoms with Gasteiger partial charge in [0.05, 0.1) is 38.1 Å². The summed E-state index contributed by atoms with van der Waals surface area (Å²) in [6.45, 7) is -0.762. The quantitative estimate of drug-likeness (QED) is 0.334. The molecule has 18 heavy (non-hydrogen) atoms. The predicted molar refractivity (Wildman–Crippen MR) is 61.3 cm³/mol. The summed E-state index contributed by atoms with van der Waals surface area (Å²) in [6, 6.07) is -1.24. The molecule has 0 radical (unpaired) electrons. The van der Waals surface area contributed by atoms with E-state index in [1.54, 1.807) is 0 Å². The van der Waals surface area contributed by atoms with Crippen molar-refractivity contribution < 1.29 is 29.3 Å². The predicted octanol–water partition coefficient (Wildman–Crippen LogP) is -2.51. The molecule has 0 aliphatic heterocycles. The second kappa shape index (κ2) is 9.77. The van der Waals surface area contributed by atoms with E-state index < -0.39 is 24.0 Å². The number of aliphatic hydroxyl groups is 2. The van der Waals surface area contributed by atoms with Gasteiger partial charge < -0.3 is 31.2 Å². The number of hydrogen-bond donors (Lipinski definition) is 4. The SMILES string of the molecule is NC(CO)COC(=O)CCC(=O)OCC(N)CO. The van der Waals surface area contributed by atoms with Crippen molar-refractivity contribution in [1.82, 2.24) is 0 Å². The Kier molecular flexibility index (Phi) is 9.11. The van der Waals surface area contributed by atoms with Crippen LogP contribution in [0.5, 0.6) is 0 Å². The van der Waals surface area contributed by atoms with E-state index in [1.165, 1.54) is 0 Å². The highest BCUT2D eigenvalue weighted by Gasteiger charge is 2.12. The van der Waals surface area contributed by atoms with E-state index in [0.717, 1.165) is 0 Å². The van der Waals surface area contributed by atoms with E-state index in [-0.39, 0.29) is 39.3 Å². The summed E-state index contributed by atoms with van der Waals surface area (Å²) in [5.74, 6) is -1.19. The van der Waals surface area contributed by atoms with E-state index in [1.807, 2.05) is 0 Å². The molecular weight excluding hydrogens is 244 g/mol. The van der Waals surface area contributed by atoms with Crippen molar-refractivity contribution in [2.75, 3.05) is 26.4 Å². The zero-order valence-corrected chi connectivity index (χ0v) is 10.1. The number of esters is 2. The molecular formula is C10H20N2O6. The number of aliphatic hydroxyl groups excluding tert-OH is 2. The lowest BCUT2D eigenvalue weighted by Gasteiger charge is -2.10. The van der Waals surface area contributed by atoms with Gasteiger partial charge in [0.2, 0.25) is 0 Å². The van der Waals surface area contributed by atoms with Gasteiger partial charge in [-0.05, 0) is 0 Å². The molecule has 6 N–H and O–H groups in total. The molecule has 106 valence electrons. The highest BCUT2D eigenvalue weighted by Crippen LogP contribution is 1.97. The summed E-state index contributed by atoms with van der Waals surface area (Å²) >= 11 is 0. The number of carbonyl (C=O) groups is 2. The first-order valence-corrected chi connectivity index (χ1v) is 5.53. The van der Waals surface area contributed by atoms with Gasteiger partial charge in [0.15, 0.2) is 0 Å². The molecule has 0 saturated heterocycles. The average Bonchev–Trinajstić information content (AvgIpc) is 2.39. The first kappa shape index (κ1) is 16.8. The van der Waals surface area contributed by atoms with Gasteiger partial charge in [-0.2, -0.15) is 0 Å². The molecule has 2 unspecified atom stereocenters. The average molecular weight is 264 g/mol. The van der Waals surface area contributed by atoms with Crippen molar-refractivity contribution in [2.24, 2.45) is 11.5 Å². The minimum absolute atomic E-state index is 0.0975. The highest BCUT2D eigenvalue weighted by molar-refractivity contribution is 5.77. The van der Waals surface area contributed by atoms with Crippen molar-refractivity contribution in [3.63, 3.8) is 0 Å². The first-order valence-electron chi connectivity index (χ1n) is 5.53. The maximum absolute atomic E-state index is 11.1. The van der Waals surface area contributed by atoms with Crippen LogP contribution in [-0.4, -0.2) is 60.7 Å². The smallest absolute Gasteiger partial charge is 0.306 e. The Hall–Kier alpha value is -1.22. The normalized spacial score (nSPS) is 13.8. The molecule has 0 aliphatic rings. The Labute approximate surface area is 105 Å². The third-order valence-electron chi connectivity index (χ3n) is 1.92. The van der Waals surface area contributed by atoms with Crippen molar-refractivity contribution in [1.29, 1.82) is 0 Å². The Balaban J connectivity index is 3.62. The lowest BCUT2D eigenvalue weighted by Crippen LogP contribution is -2.32. The van der Waals surface area contributed by atoms with Crippen LogP contribution in [0.2, 0.25) is 0 Å². The molecule has 0 aromatic rings. The van der Waals surface area contributed by atoms with Crippen molar-refractivity contribution in [2.45, 2.75) is 24.9 Å². The molecule has 0 aliphatic carbocycles. The molecule has 0 spiro atoms. The fourth-order valence-electron chi connectivity index (χ4n) is 0.854. The van der Waals surface area contributed by atoms with Gasteiger partial charge in [0, 0.05) is 0 Å². The Morgan fingerprint density at radius 3 is 1.50 bits per heavy atom. The lowest BCUT2D eigenvalue weighted by molar-refractivity contribution is -0.151. The maximum Gasteiger partial charge on any atom is 0.306 e. The van der Waals surface area contributed by atoms with Crippen LogP contribution < -0.4 is 11.5 Å². The van der Waals surface area contributed by atoms with Crippen LogP contribution in [0.15, 0.2) is 0 Å². The summed E-state index contributed by atoms with van der Waals surface area (Å²) in [5.41, 5.74) is 10.6. The van der Waals surface area contributed by atoms with Crippen molar-refractivity contribution >= 4 is 11.9 Å². The van der Waals surface area contributed by atoms with Gasteiger partial charge in [0.1, 0.15) is 13.2 Å². The Morgan fingerprint density at radius 2 is 1.22 bits per heavy atom. The van der Waals surface area contributed by atoms with Gasteiger partial charge >= 0.3 is 11.9 Å². The van der Waals surface area contributed by atoms with Crippen LogP contribution in [0.25, 0.3) is 0 Å². The number of ether oxygens (including phenoxy) is 2. The molecule has 0 aromatic carbocycles. The topological polar surface area (TPSA) is 145 Å². The number of rotatable bonds is 9. The molecule has 2 atom stereocenters. The van der Waals surface area contributed by atoms with Crippen molar-refractivity contribution in [3.8, 4) is 0 Å². The molecule has 0 amide bonds. The van der Waals surface area contributed by atoms with E-state index in [2.05, 4.69) is 0 Å². The second-order valence-electron chi connectivity index (χ2n) is 3.75. The first-order chi connectivity index (χ1) is 8.49. The number of hydrogen-bond acceptors (Lipinski definition) is 8. The molecule has 0 fully saturated rings. The molecule has 0 aromatic heterocycles. The minimum atomic E-state index is -0.622. The fourth-order valence-corrected chi connectivity index (χ4v) is 0.854. The number of carbonyl (C=O) groups excluding carboxylic acids is 2. The molecule has 0 rings (SSSR count). The summed E-state index contributed by atoms with van der Waals surface area (Å²) < 4.78 is 9.39. The third-order valence-corrected chi connectivity index (χ3v) is 1.92. The van der Waals surface area contributed by atoms with Crippen LogP contribution in [0, 0.1) is 0 Å². The summed E-state index contributed by atoms with van der Waals surface area (Å²) in [5, 5.41) is 17.2. The van der Waals surface area contributed by atoms with Crippen molar-refractivity contribution in [3.05, 3.63) is 0 Å². The van der Waals surface area contributed by atoms with Crippen LogP contribution in [0.3, 0.4) is 0 Å². The van der Waals surface area contributed by atoms with Gasteiger partial charge in [-0.3, -0.25) is 9.59 Å². The van der Waals surface area contributed by atoms with Crippen LogP contribution >= 0.6 is 0 Å². The van der Waals surface area contributed by atoms with E-state index in [4.69, 9.17) is 31.2 Å². The molecule has 0 bridgehead atoms. The summed E-state index contributed by atoms with van der Waals surface area (Å²) in [4.78, 5) is 22.3. The van der Waals surface area contributed by atoms with E-state index >= 15 is 0 Å². The summed E-state index contributed by atoms with van der Waals surface area (Å²) in [7, 11) is 0. The zero-order chi connectivity index (χ0) is 14.0. The largest absolute Gasteiger partial charge is 0.464 e. The monoisotopic (exact) mass is 264 g/mol. The maximum atomic E-state index is 11.1. The standard InChI is InChI=1S/C10H20N2O6/c11-7(3-13)5-17-9(15)1-2-10(16)18-6-8(12)4-14/h7-8,13-14H,1-6,11-12H2. The minimum Gasteiger partial charge on any atom is -0.464 e. The van der Waals surface area contributed by atoms with Gasteiger partial charge in [-0.15, -0.1) is 0 Å². The zero-order valence-electron chi connectivity index (χ0n) is 10.1. The highest BCUT2D eigenvalue weighted by atomic mass is 16.5. The fraction of sp³-hybridized carbons (Fsp3) is 0.800. The van der Waals surface area contributed by atoms with Gasteiger partial charge in [0.25, 0.3) is 0 Å².